The predicted molar refractivity (Wildman–Crippen MR) is 128 cm³/mol. The smallest absolute Gasteiger partial charge is 0.305 e. The van der Waals surface area contributed by atoms with Crippen LogP contribution in [0.25, 0.3) is 0 Å². The highest BCUT2D eigenvalue weighted by Gasteiger charge is 2.12. The molecule has 0 fully saturated rings. The quantitative estimate of drug-likeness (QED) is 0.124. The van der Waals surface area contributed by atoms with E-state index < -0.39 is 0 Å². The molecule has 0 aliphatic rings. The molecule has 0 rings (SSSR count). The lowest BCUT2D eigenvalue weighted by molar-refractivity contribution is -0.145. The van der Waals surface area contributed by atoms with Crippen molar-refractivity contribution in [3.63, 3.8) is 0 Å². The van der Waals surface area contributed by atoms with Gasteiger partial charge in [-0.1, -0.05) is 130 Å². The Morgan fingerprint density at radius 2 is 0.931 bits per heavy atom. The number of carbonyl (C=O) groups excluding carboxylic acids is 1. The van der Waals surface area contributed by atoms with E-state index >= 15 is 0 Å². The van der Waals surface area contributed by atoms with Crippen LogP contribution in [-0.4, -0.2) is 12.6 Å². The summed E-state index contributed by atoms with van der Waals surface area (Å²) in [5, 5.41) is 0. The minimum atomic E-state index is 0.0324. The molecule has 0 aromatic carbocycles. The molecule has 0 spiro atoms. The summed E-state index contributed by atoms with van der Waals surface area (Å²) in [4.78, 5) is 12.0. The normalized spacial score (nSPS) is 12.2. The fourth-order valence-corrected chi connectivity index (χ4v) is 4.07. The molecule has 0 N–H and O–H groups in total. The second-order valence-corrected chi connectivity index (χ2v) is 9.18. The lowest BCUT2D eigenvalue weighted by atomic mass is 9.94. The topological polar surface area (TPSA) is 26.3 Å². The first-order chi connectivity index (χ1) is 14.2. The SMILES string of the molecule is CCCCCCCCCCC(CCCCCCCC)COC(=O)CCCCCC. The van der Waals surface area contributed by atoms with Crippen LogP contribution in [0.3, 0.4) is 0 Å². The highest BCUT2D eigenvalue weighted by molar-refractivity contribution is 5.69. The summed E-state index contributed by atoms with van der Waals surface area (Å²) < 4.78 is 5.66. The largest absolute Gasteiger partial charge is 0.465 e. The summed E-state index contributed by atoms with van der Waals surface area (Å²) >= 11 is 0. The van der Waals surface area contributed by atoms with Crippen molar-refractivity contribution in [2.24, 2.45) is 5.92 Å². The zero-order valence-electron chi connectivity index (χ0n) is 20.5. The minimum absolute atomic E-state index is 0.0324. The van der Waals surface area contributed by atoms with E-state index in [0.717, 1.165) is 12.8 Å². The van der Waals surface area contributed by atoms with Crippen LogP contribution in [0, 0.1) is 5.92 Å². The number of carbonyl (C=O) groups is 1. The molecule has 0 aromatic rings. The Morgan fingerprint density at radius 3 is 1.38 bits per heavy atom. The van der Waals surface area contributed by atoms with Crippen LogP contribution in [-0.2, 0) is 9.53 Å². The highest BCUT2D eigenvalue weighted by Crippen LogP contribution is 2.20. The zero-order chi connectivity index (χ0) is 21.4. The molecule has 2 heteroatoms. The maximum absolute atomic E-state index is 12.0. The van der Waals surface area contributed by atoms with Crippen molar-refractivity contribution in [3.8, 4) is 0 Å². The first-order valence-electron chi connectivity index (χ1n) is 13.4. The van der Waals surface area contributed by atoms with E-state index in [9.17, 15) is 4.79 Å². The molecule has 0 bridgehead atoms. The van der Waals surface area contributed by atoms with Gasteiger partial charge < -0.3 is 4.74 Å². The molecule has 0 aromatic heterocycles. The van der Waals surface area contributed by atoms with E-state index in [-0.39, 0.29) is 5.97 Å². The zero-order valence-corrected chi connectivity index (χ0v) is 20.5. The van der Waals surface area contributed by atoms with Crippen LogP contribution in [0.5, 0.6) is 0 Å². The fraction of sp³-hybridized carbons (Fsp3) is 0.963. The fourth-order valence-electron chi connectivity index (χ4n) is 4.07. The Labute approximate surface area is 184 Å². The second kappa shape index (κ2) is 23.7. The van der Waals surface area contributed by atoms with Gasteiger partial charge in [0, 0.05) is 6.42 Å². The number of rotatable bonds is 23. The molecule has 0 amide bonds. The van der Waals surface area contributed by atoms with E-state index in [2.05, 4.69) is 20.8 Å². The third-order valence-electron chi connectivity index (χ3n) is 6.15. The van der Waals surface area contributed by atoms with Gasteiger partial charge in [-0.2, -0.15) is 0 Å². The van der Waals surface area contributed by atoms with Gasteiger partial charge in [0.05, 0.1) is 6.61 Å². The van der Waals surface area contributed by atoms with Gasteiger partial charge in [-0.05, 0) is 25.2 Å². The monoisotopic (exact) mass is 410 g/mol. The number of hydrogen-bond acceptors (Lipinski definition) is 2. The minimum Gasteiger partial charge on any atom is -0.465 e. The standard InChI is InChI=1S/C27H54O2/c1-4-7-10-13-15-16-18-20-23-26(22-19-17-14-11-8-5-2)25-29-27(28)24-21-12-9-6-3/h26H,4-25H2,1-3H3. The summed E-state index contributed by atoms with van der Waals surface area (Å²) in [6.45, 7) is 7.42. The van der Waals surface area contributed by atoms with Crippen molar-refractivity contribution in [2.45, 2.75) is 156 Å². The Balaban J connectivity index is 3.97. The van der Waals surface area contributed by atoms with Crippen molar-refractivity contribution >= 4 is 5.97 Å². The lowest BCUT2D eigenvalue weighted by Gasteiger charge is -2.17. The van der Waals surface area contributed by atoms with E-state index in [4.69, 9.17) is 4.74 Å². The van der Waals surface area contributed by atoms with Gasteiger partial charge in [0.1, 0.15) is 0 Å². The third kappa shape index (κ3) is 22.0. The van der Waals surface area contributed by atoms with Crippen LogP contribution in [0.15, 0.2) is 0 Å². The molecule has 1 unspecified atom stereocenters. The molecule has 0 radical (unpaired) electrons. The maximum atomic E-state index is 12.0. The van der Waals surface area contributed by atoms with Gasteiger partial charge in [-0.3, -0.25) is 4.79 Å². The van der Waals surface area contributed by atoms with Crippen LogP contribution in [0.1, 0.15) is 156 Å². The Kier molecular flexibility index (Phi) is 23.3. The van der Waals surface area contributed by atoms with Crippen LogP contribution in [0.4, 0.5) is 0 Å². The molecule has 0 saturated carbocycles. The molecule has 174 valence electrons. The van der Waals surface area contributed by atoms with E-state index in [1.54, 1.807) is 0 Å². The lowest BCUT2D eigenvalue weighted by Crippen LogP contribution is -2.14. The number of ether oxygens (including phenoxy) is 1. The molecule has 1 atom stereocenters. The summed E-state index contributed by atoms with van der Waals surface area (Å²) in [5.74, 6) is 0.617. The predicted octanol–water partition coefficient (Wildman–Crippen LogP) is 9.40. The molecule has 0 saturated heterocycles. The summed E-state index contributed by atoms with van der Waals surface area (Å²) in [6.07, 6.45) is 26.8. The highest BCUT2D eigenvalue weighted by atomic mass is 16.5. The van der Waals surface area contributed by atoms with Crippen LogP contribution in [0.2, 0.25) is 0 Å². The van der Waals surface area contributed by atoms with E-state index in [0.29, 0.717) is 18.9 Å². The van der Waals surface area contributed by atoms with Crippen molar-refractivity contribution in [1.82, 2.24) is 0 Å². The maximum Gasteiger partial charge on any atom is 0.305 e. The molecule has 0 heterocycles. The van der Waals surface area contributed by atoms with Gasteiger partial charge >= 0.3 is 5.97 Å². The number of hydrogen-bond donors (Lipinski definition) is 0. The summed E-state index contributed by atoms with van der Waals surface area (Å²) in [5.41, 5.74) is 0. The van der Waals surface area contributed by atoms with Crippen molar-refractivity contribution in [1.29, 1.82) is 0 Å². The molecular formula is C27H54O2. The van der Waals surface area contributed by atoms with Crippen molar-refractivity contribution in [3.05, 3.63) is 0 Å². The molecule has 29 heavy (non-hydrogen) atoms. The Hall–Kier alpha value is -0.530. The van der Waals surface area contributed by atoms with E-state index in [1.807, 2.05) is 0 Å². The number of esters is 1. The van der Waals surface area contributed by atoms with Crippen LogP contribution >= 0.6 is 0 Å². The molecule has 0 aliphatic carbocycles. The number of unbranched alkanes of at least 4 members (excludes halogenated alkanes) is 15. The van der Waals surface area contributed by atoms with Crippen LogP contribution < -0.4 is 0 Å². The first kappa shape index (κ1) is 28.5. The van der Waals surface area contributed by atoms with E-state index in [1.165, 1.54) is 116 Å². The molecule has 2 nitrogen and oxygen atoms in total. The summed E-state index contributed by atoms with van der Waals surface area (Å²) in [6, 6.07) is 0. The summed E-state index contributed by atoms with van der Waals surface area (Å²) in [7, 11) is 0. The van der Waals surface area contributed by atoms with Gasteiger partial charge in [0.15, 0.2) is 0 Å². The molecule has 0 aliphatic heterocycles. The van der Waals surface area contributed by atoms with Gasteiger partial charge in [0.25, 0.3) is 0 Å². The van der Waals surface area contributed by atoms with Crippen molar-refractivity contribution in [2.75, 3.05) is 6.61 Å². The average molecular weight is 411 g/mol. The second-order valence-electron chi connectivity index (χ2n) is 9.18. The first-order valence-corrected chi connectivity index (χ1v) is 13.4. The third-order valence-corrected chi connectivity index (χ3v) is 6.15. The van der Waals surface area contributed by atoms with Gasteiger partial charge in [-0.15, -0.1) is 0 Å². The van der Waals surface area contributed by atoms with Gasteiger partial charge in [0.2, 0.25) is 0 Å². The van der Waals surface area contributed by atoms with Gasteiger partial charge in [-0.25, -0.2) is 0 Å². The average Bonchev–Trinajstić information content (AvgIpc) is 2.73. The van der Waals surface area contributed by atoms with Crippen molar-refractivity contribution < 1.29 is 9.53 Å². The Morgan fingerprint density at radius 1 is 0.552 bits per heavy atom. The molecular weight excluding hydrogens is 356 g/mol. The Bertz CT molecular complexity index is 326.